The summed E-state index contributed by atoms with van der Waals surface area (Å²) in [5, 5.41) is 0. The van der Waals surface area contributed by atoms with Crippen molar-refractivity contribution in [1.29, 1.82) is 0 Å². The van der Waals surface area contributed by atoms with E-state index in [9.17, 15) is 9.18 Å². The largest absolute Gasteiger partial charge is 0.459 e. The van der Waals surface area contributed by atoms with E-state index in [2.05, 4.69) is 13.8 Å². The molecule has 2 nitrogen and oxygen atoms in total. The summed E-state index contributed by atoms with van der Waals surface area (Å²) in [6.07, 6.45) is 9.80. The summed E-state index contributed by atoms with van der Waals surface area (Å²) in [7, 11) is 0. The number of aryl methyl sites for hydroxylation is 1. The van der Waals surface area contributed by atoms with Crippen LogP contribution in [0.5, 0.6) is 0 Å². The van der Waals surface area contributed by atoms with Crippen LogP contribution in [0.4, 0.5) is 4.39 Å². The summed E-state index contributed by atoms with van der Waals surface area (Å²) in [6.45, 7) is 6.29. The van der Waals surface area contributed by atoms with Gasteiger partial charge in [-0.2, -0.15) is 0 Å². The molecule has 1 atom stereocenters. The van der Waals surface area contributed by atoms with Crippen molar-refractivity contribution in [1.82, 2.24) is 0 Å². The standard InChI is InChI=1S/C26H35FO2/c1-4-6-8-10-11-20(3)29-26(28)23-16-14-22(15-17-23)24-18-13-21(19-25(24)27)12-9-7-5-2/h13-20H,4-12H2,1-3H3. The average molecular weight is 399 g/mol. The SMILES string of the molecule is CCCCCCC(C)OC(=O)c1ccc(-c2ccc(CCCCC)cc2F)cc1. The molecule has 0 radical (unpaired) electrons. The number of carbonyl (C=O) groups excluding carboxylic acids is 1. The molecule has 2 aromatic rings. The molecule has 0 amide bonds. The normalized spacial score (nSPS) is 12.0. The molecule has 1 unspecified atom stereocenters. The van der Waals surface area contributed by atoms with Crippen LogP contribution in [0.1, 0.15) is 88.1 Å². The third-order valence-electron chi connectivity index (χ3n) is 5.31. The first-order chi connectivity index (χ1) is 14.0. The van der Waals surface area contributed by atoms with E-state index in [0.29, 0.717) is 11.1 Å². The molecule has 2 rings (SSSR count). The van der Waals surface area contributed by atoms with E-state index in [0.717, 1.165) is 49.7 Å². The van der Waals surface area contributed by atoms with Crippen LogP contribution >= 0.6 is 0 Å². The minimum absolute atomic E-state index is 0.0864. The Kier molecular flexibility index (Phi) is 9.90. The molecule has 0 aromatic heterocycles. The summed E-state index contributed by atoms with van der Waals surface area (Å²) in [5.41, 5.74) is 2.87. The van der Waals surface area contributed by atoms with Crippen LogP contribution in [0.25, 0.3) is 11.1 Å². The summed E-state index contributed by atoms with van der Waals surface area (Å²) in [6, 6.07) is 12.5. The van der Waals surface area contributed by atoms with Gasteiger partial charge in [-0.3, -0.25) is 0 Å². The summed E-state index contributed by atoms with van der Waals surface area (Å²) < 4.78 is 20.1. The number of rotatable bonds is 12. The van der Waals surface area contributed by atoms with Gasteiger partial charge in [0.05, 0.1) is 11.7 Å². The van der Waals surface area contributed by atoms with Crippen LogP contribution in [-0.2, 0) is 11.2 Å². The predicted molar refractivity (Wildman–Crippen MR) is 119 cm³/mol. The molecule has 0 aliphatic carbocycles. The van der Waals surface area contributed by atoms with Gasteiger partial charge in [0.1, 0.15) is 5.82 Å². The molecular weight excluding hydrogens is 363 g/mol. The topological polar surface area (TPSA) is 26.3 Å². The van der Waals surface area contributed by atoms with Crippen LogP contribution in [0.15, 0.2) is 42.5 Å². The van der Waals surface area contributed by atoms with E-state index in [-0.39, 0.29) is 17.9 Å². The van der Waals surface area contributed by atoms with Crippen LogP contribution < -0.4 is 0 Å². The third kappa shape index (κ3) is 7.64. The highest BCUT2D eigenvalue weighted by Crippen LogP contribution is 2.25. The highest BCUT2D eigenvalue weighted by atomic mass is 19.1. The summed E-state index contributed by atoms with van der Waals surface area (Å²) in [5.74, 6) is -0.527. The lowest BCUT2D eigenvalue weighted by molar-refractivity contribution is 0.0319. The number of esters is 1. The Bertz CT molecular complexity index is 752. The van der Waals surface area contributed by atoms with E-state index in [1.54, 1.807) is 30.3 Å². The fourth-order valence-corrected chi connectivity index (χ4v) is 3.48. The van der Waals surface area contributed by atoms with Gasteiger partial charge in [0.2, 0.25) is 0 Å². The Morgan fingerprint density at radius 2 is 1.62 bits per heavy atom. The first-order valence-corrected chi connectivity index (χ1v) is 11.1. The van der Waals surface area contributed by atoms with Crippen LogP contribution in [0.3, 0.4) is 0 Å². The van der Waals surface area contributed by atoms with Gasteiger partial charge in [0, 0.05) is 5.56 Å². The Hall–Kier alpha value is -2.16. The summed E-state index contributed by atoms with van der Waals surface area (Å²) >= 11 is 0. The molecular formula is C26H35FO2. The van der Waals surface area contributed by atoms with Crippen molar-refractivity contribution >= 4 is 5.97 Å². The zero-order chi connectivity index (χ0) is 21.1. The van der Waals surface area contributed by atoms with Crippen molar-refractivity contribution in [2.24, 2.45) is 0 Å². The molecule has 0 aliphatic rings. The van der Waals surface area contributed by atoms with Gasteiger partial charge in [0.15, 0.2) is 0 Å². The summed E-state index contributed by atoms with van der Waals surface area (Å²) in [4.78, 5) is 12.3. The van der Waals surface area contributed by atoms with Crippen molar-refractivity contribution in [3.63, 3.8) is 0 Å². The van der Waals surface area contributed by atoms with Gasteiger partial charge in [-0.05, 0) is 61.9 Å². The molecule has 29 heavy (non-hydrogen) atoms. The number of halogens is 1. The lowest BCUT2D eigenvalue weighted by Crippen LogP contribution is -2.15. The van der Waals surface area contributed by atoms with Crippen molar-refractivity contribution in [2.75, 3.05) is 0 Å². The lowest BCUT2D eigenvalue weighted by Gasteiger charge is -2.13. The Morgan fingerprint density at radius 1 is 0.931 bits per heavy atom. The Morgan fingerprint density at radius 3 is 2.28 bits per heavy atom. The van der Waals surface area contributed by atoms with Gasteiger partial charge >= 0.3 is 5.97 Å². The first kappa shape index (κ1) is 23.1. The molecule has 0 saturated heterocycles. The maximum Gasteiger partial charge on any atom is 0.338 e. The van der Waals surface area contributed by atoms with E-state index < -0.39 is 0 Å². The van der Waals surface area contributed by atoms with Crippen LogP contribution in [0.2, 0.25) is 0 Å². The molecule has 2 aromatic carbocycles. The molecule has 0 N–H and O–H groups in total. The number of carbonyl (C=O) groups is 1. The molecule has 0 spiro atoms. The van der Waals surface area contributed by atoms with Gasteiger partial charge < -0.3 is 4.74 Å². The Balaban J connectivity index is 1.94. The smallest absolute Gasteiger partial charge is 0.338 e. The first-order valence-electron chi connectivity index (χ1n) is 11.1. The Labute approximate surface area is 175 Å². The van der Waals surface area contributed by atoms with Gasteiger partial charge in [-0.25, -0.2) is 9.18 Å². The zero-order valence-corrected chi connectivity index (χ0v) is 18.2. The lowest BCUT2D eigenvalue weighted by atomic mass is 9.99. The number of hydrogen-bond acceptors (Lipinski definition) is 2. The van der Waals surface area contributed by atoms with Crippen molar-refractivity contribution in [3.05, 3.63) is 59.4 Å². The minimum atomic E-state index is -0.314. The predicted octanol–water partition coefficient (Wildman–Crippen LogP) is 7.74. The number of ether oxygens (including phenoxy) is 1. The quantitative estimate of drug-likeness (QED) is 0.270. The van der Waals surface area contributed by atoms with Gasteiger partial charge in [0.25, 0.3) is 0 Å². The average Bonchev–Trinajstić information content (AvgIpc) is 2.72. The van der Waals surface area contributed by atoms with Crippen LogP contribution in [0, 0.1) is 5.82 Å². The highest BCUT2D eigenvalue weighted by molar-refractivity contribution is 5.90. The molecule has 0 heterocycles. The van der Waals surface area contributed by atoms with Crippen molar-refractivity contribution < 1.29 is 13.9 Å². The maximum absolute atomic E-state index is 14.6. The minimum Gasteiger partial charge on any atom is -0.459 e. The molecule has 158 valence electrons. The van der Waals surface area contributed by atoms with Crippen molar-refractivity contribution in [2.45, 2.75) is 84.7 Å². The van der Waals surface area contributed by atoms with E-state index >= 15 is 0 Å². The molecule has 0 saturated carbocycles. The number of benzene rings is 2. The van der Waals surface area contributed by atoms with E-state index in [1.165, 1.54) is 19.3 Å². The highest BCUT2D eigenvalue weighted by Gasteiger charge is 2.13. The number of unbranched alkanes of at least 4 members (excludes halogenated alkanes) is 5. The van der Waals surface area contributed by atoms with Gasteiger partial charge in [-0.15, -0.1) is 0 Å². The second kappa shape index (κ2) is 12.4. The fraction of sp³-hybridized carbons (Fsp3) is 0.500. The second-order valence-corrected chi connectivity index (χ2v) is 7.91. The fourth-order valence-electron chi connectivity index (χ4n) is 3.48. The van der Waals surface area contributed by atoms with E-state index in [4.69, 9.17) is 4.74 Å². The van der Waals surface area contributed by atoms with Crippen molar-refractivity contribution in [3.8, 4) is 11.1 Å². The van der Waals surface area contributed by atoms with E-state index in [1.807, 2.05) is 19.1 Å². The maximum atomic E-state index is 14.6. The number of hydrogen-bond donors (Lipinski definition) is 0. The molecule has 0 bridgehead atoms. The monoisotopic (exact) mass is 398 g/mol. The second-order valence-electron chi connectivity index (χ2n) is 7.91. The van der Waals surface area contributed by atoms with Gasteiger partial charge in [-0.1, -0.05) is 70.2 Å². The zero-order valence-electron chi connectivity index (χ0n) is 18.2. The van der Waals surface area contributed by atoms with Crippen LogP contribution in [-0.4, -0.2) is 12.1 Å². The molecule has 0 fully saturated rings. The molecule has 0 aliphatic heterocycles. The third-order valence-corrected chi connectivity index (χ3v) is 5.31. The molecule has 3 heteroatoms.